The molecular weight excluding hydrogens is 319 g/mol. The largest absolute Gasteiger partial charge is 0.396 e. The minimum absolute atomic E-state index is 0.00609. The van der Waals surface area contributed by atoms with Crippen molar-refractivity contribution in [2.24, 2.45) is 7.05 Å². The van der Waals surface area contributed by atoms with Crippen molar-refractivity contribution in [3.05, 3.63) is 40.4 Å². The highest BCUT2D eigenvalue weighted by molar-refractivity contribution is 7.89. The maximum absolute atomic E-state index is 13.9. The van der Waals surface area contributed by atoms with Gasteiger partial charge in [-0.1, -0.05) is 11.6 Å². The van der Waals surface area contributed by atoms with Gasteiger partial charge in [-0.05, 0) is 19.1 Å². The Morgan fingerprint density at radius 2 is 2.14 bits per heavy atom. The Morgan fingerprint density at radius 3 is 2.71 bits per heavy atom. The normalized spacial score (nSPS) is 11.8. The number of nitrogens with zero attached hydrogens (tertiary/aromatic N) is 2. The zero-order valence-corrected chi connectivity index (χ0v) is 13.0. The lowest BCUT2D eigenvalue weighted by molar-refractivity contribution is 0.558. The highest BCUT2D eigenvalue weighted by atomic mass is 35.5. The first-order chi connectivity index (χ1) is 9.72. The van der Waals surface area contributed by atoms with E-state index in [1.54, 1.807) is 24.9 Å². The third-order valence-electron chi connectivity index (χ3n) is 3.11. The molecule has 0 saturated heterocycles. The Bertz CT molecular complexity index is 789. The predicted molar refractivity (Wildman–Crippen MR) is 77.8 cm³/mol. The van der Waals surface area contributed by atoms with Crippen LogP contribution in [0, 0.1) is 12.7 Å². The standard InChI is InChI=1S/C12H14ClFN4O2S/c1-7-8(5-16-18(7)2)6-17-21(19,20)11-4-9(13)3-10(15)12(11)14/h3-5,17H,6,15H2,1-2H3. The molecule has 0 aliphatic carbocycles. The van der Waals surface area contributed by atoms with Gasteiger partial charge in [-0.3, -0.25) is 4.68 Å². The van der Waals surface area contributed by atoms with Gasteiger partial charge in [0.05, 0.1) is 11.9 Å². The summed E-state index contributed by atoms with van der Waals surface area (Å²) in [6.45, 7) is 1.79. The van der Waals surface area contributed by atoms with E-state index in [4.69, 9.17) is 17.3 Å². The second-order valence-electron chi connectivity index (χ2n) is 4.51. The van der Waals surface area contributed by atoms with Crippen molar-refractivity contribution in [1.29, 1.82) is 0 Å². The van der Waals surface area contributed by atoms with E-state index in [1.165, 1.54) is 0 Å². The molecule has 0 fully saturated rings. The fourth-order valence-corrected chi connectivity index (χ4v) is 3.18. The summed E-state index contributed by atoms with van der Waals surface area (Å²) >= 11 is 5.72. The summed E-state index contributed by atoms with van der Waals surface area (Å²) in [5.74, 6) is -1.02. The number of halogens is 2. The van der Waals surface area contributed by atoms with Crippen molar-refractivity contribution in [1.82, 2.24) is 14.5 Å². The molecule has 0 bridgehead atoms. The Kier molecular flexibility index (Phi) is 4.22. The first kappa shape index (κ1) is 15.7. The fraction of sp³-hybridized carbons (Fsp3) is 0.250. The third-order valence-corrected chi connectivity index (χ3v) is 4.73. The van der Waals surface area contributed by atoms with Crippen molar-refractivity contribution in [3.8, 4) is 0 Å². The number of sulfonamides is 1. The van der Waals surface area contributed by atoms with Crippen LogP contribution in [0.15, 0.2) is 23.2 Å². The molecule has 0 aliphatic rings. The molecule has 1 aromatic carbocycles. The summed E-state index contributed by atoms with van der Waals surface area (Å²) < 4.78 is 42.1. The first-order valence-electron chi connectivity index (χ1n) is 5.94. The molecule has 0 radical (unpaired) electrons. The van der Waals surface area contributed by atoms with E-state index in [9.17, 15) is 12.8 Å². The fourth-order valence-electron chi connectivity index (χ4n) is 1.75. The second-order valence-corrected chi connectivity index (χ2v) is 6.68. The van der Waals surface area contributed by atoms with E-state index in [2.05, 4.69) is 9.82 Å². The molecular formula is C12H14ClFN4O2S. The minimum Gasteiger partial charge on any atom is -0.396 e. The van der Waals surface area contributed by atoms with Crippen LogP contribution in [-0.4, -0.2) is 18.2 Å². The maximum Gasteiger partial charge on any atom is 0.243 e. The van der Waals surface area contributed by atoms with Gasteiger partial charge in [0.15, 0.2) is 5.82 Å². The predicted octanol–water partition coefficient (Wildman–Crippen LogP) is 1.58. The Hall–Kier alpha value is -1.64. The highest BCUT2D eigenvalue weighted by Crippen LogP contribution is 2.25. The van der Waals surface area contributed by atoms with Crippen LogP contribution in [0.5, 0.6) is 0 Å². The van der Waals surface area contributed by atoms with Gasteiger partial charge in [-0.2, -0.15) is 5.10 Å². The van der Waals surface area contributed by atoms with Crippen molar-refractivity contribution in [2.45, 2.75) is 18.4 Å². The molecule has 0 atom stereocenters. The van der Waals surface area contributed by atoms with Crippen molar-refractivity contribution < 1.29 is 12.8 Å². The molecule has 0 amide bonds. The average molecular weight is 333 g/mol. The lowest BCUT2D eigenvalue weighted by Crippen LogP contribution is -2.24. The van der Waals surface area contributed by atoms with Crippen LogP contribution < -0.4 is 10.5 Å². The summed E-state index contributed by atoms with van der Waals surface area (Å²) in [7, 11) is -2.33. The number of anilines is 1. The van der Waals surface area contributed by atoms with Gasteiger partial charge in [-0.25, -0.2) is 17.5 Å². The van der Waals surface area contributed by atoms with E-state index in [0.717, 1.165) is 17.8 Å². The molecule has 0 aliphatic heterocycles. The van der Waals surface area contributed by atoms with E-state index < -0.39 is 20.7 Å². The summed E-state index contributed by atoms with van der Waals surface area (Å²) in [5, 5.41) is 4.05. The van der Waals surface area contributed by atoms with Crippen LogP contribution in [0.3, 0.4) is 0 Å². The van der Waals surface area contributed by atoms with Crippen LogP contribution in [-0.2, 0) is 23.6 Å². The van der Waals surface area contributed by atoms with Crippen LogP contribution in [0.25, 0.3) is 0 Å². The molecule has 3 N–H and O–H groups in total. The smallest absolute Gasteiger partial charge is 0.243 e. The first-order valence-corrected chi connectivity index (χ1v) is 7.80. The molecule has 0 unspecified atom stereocenters. The molecule has 1 heterocycles. The van der Waals surface area contributed by atoms with Crippen LogP contribution in [0.1, 0.15) is 11.3 Å². The summed E-state index contributed by atoms with van der Waals surface area (Å²) in [5.41, 5.74) is 6.57. The van der Waals surface area contributed by atoms with Crippen LogP contribution >= 0.6 is 11.6 Å². The van der Waals surface area contributed by atoms with Gasteiger partial charge >= 0.3 is 0 Å². The highest BCUT2D eigenvalue weighted by Gasteiger charge is 2.22. The van der Waals surface area contributed by atoms with Gasteiger partial charge in [0.1, 0.15) is 4.90 Å². The molecule has 9 heteroatoms. The number of nitrogen functional groups attached to an aromatic ring is 1. The average Bonchev–Trinajstić information content (AvgIpc) is 2.72. The number of aromatic nitrogens is 2. The minimum atomic E-state index is -4.07. The molecule has 2 aromatic rings. The van der Waals surface area contributed by atoms with Gasteiger partial charge in [0, 0.05) is 29.9 Å². The van der Waals surface area contributed by atoms with Gasteiger partial charge in [0.2, 0.25) is 10.0 Å². The van der Waals surface area contributed by atoms with E-state index in [0.29, 0.717) is 5.56 Å². The quantitative estimate of drug-likeness (QED) is 0.832. The Labute approximate surface area is 126 Å². The van der Waals surface area contributed by atoms with Crippen molar-refractivity contribution >= 4 is 27.3 Å². The zero-order valence-electron chi connectivity index (χ0n) is 11.4. The number of benzene rings is 1. The van der Waals surface area contributed by atoms with Gasteiger partial charge < -0.3 is 5.73 Å². The molecule has 21 heavy (non-hydrogen) atoms. The van der Waals surface area contributed by atoms with E-state index >= 15 is 0 Å². The number of rotatable bonds is 4. The summed E-state index contributed by atoms with van der Waals surface area (Å²) in [4.78, 5) is -0.575. The number of hydrogen-bond donors (Lipinski definition) is 2. The van der Waals surface area contributed by atoms with E-state index in [1.807, 2.05) is 0 Å². The zero-order chi connectivity index (χ0) is 15.8. The van der Waals surface area contributed by atoms with Crippen LogP contribution in [0.2, 0.25) is 5.02 Å². The SMILES string of the molecule is Cc1c(CNS(=O)(=O)c2cc(Cl)cc(N)c2F)cnn1C. The van der Waals surface area contributed by atoms with Crippen LogP contribution in [0.4, 0.5) is 10.1 Å². The molecule has 6 nitrogen and oxygen atoms in total. The molecule has 2 rings (SSSR count). The maximum atomic E-state index is 13.9. The van der Waals surface area contributed by atoms with Crippen molar-refractivity contribution in [2.75, 3.05) is 5.73 Å². The van der Waals surface area contributed by atoms with Gasteiger partial charge in [0.25, 0.3) is 0 Å². The lowest BCUT2D eigenvalue weighted by Gasteiger charge is -2.09. The molecule has 0 saturated carbocycles. The summed E-state index contributed by atoms with van der Waals surface area (Å²) in [6, 6.07) is 2.17. The number of aryl methyl sites for hydroxylation is 1. The number of nitrogens with one attached hydrogen (secondary N) is 1. The Morgan fingerprint density at radius 1 is 1.48 bits per heavy atom. The monoisotopic (exact) mass is 332 g/mol. The molecule has 114 valence electrons. The third kappa shape index (κ3) is 3.17. The topological polar surface area (TPSA) is 90.0 Å². The molecule has 0 spiro atoms. The van der Waals surface area contributed by atoms with E-state index in [-0.39, 0.29) is 17.3 Å². The van der Waals surface area contributed by atoms with Crippen molar-refractivity contribution in [3.63, 3.8) is 0 Å². The summed E-state index contributed by atoms with van der Waals surface area (Å²) in [6.07, 6.45) is 1.54. The number of nitrogens with two attached hydrogens (primary N) is 1. The number of hydrogen-bond acceptors (Lipinski definition) is 4. The Balaban J connectivity index is 2.29. The second kappa shape index (κ2) is 5.63. The van der Waals surface area contributed by atoms with Gasteiger partial charge in [-0.15, -0.1) is 0 Å². The molecule has 1 aromatic heterocycles. The lowest BCUT2D eigenvalue weighted by atomic mass is 10.3.